The van der Waals surface area contributed by atoms with Crippen LogP contribution in [0.2, 0.25) is 0 Å². The van der Waals surface area contributed by atoms with Crippen molar-refractivity contribution in [3.05, 3.63) is 71.3 Å². The van der Waals surface area contributed by atoms with Crippen molar-refractivity contribution < 1.29 is 9.84 Å². The first-order valence-corrected chi connectivity index (χ1v) is 10.8. The molecule has 2 aromatic rings. The van der Waals surface area contributed by atoms with E-state index in [1.54, 1.807) is 0 Å². The van der Waals surface area contributed by atoms with Crippen LogP contribution in [0.4, 0.5) is 0 Å². The van der Waals surface area contributed by atoms with Crippen molar-refractivity contribution in [2.45, 2.75) is 32.5 Å². The van der Waals surface area contributed by atoms with Gasteiger partial charge in [-0.05, 0) is 30.5 Å². The van der Waals surface area contributed by atoms with Crippen LogP contribution in [0.1, 0.15) is 30.5 Å². The van der Waals surface area contributed by atoms with Gasteiger partial charge in [0.1, 0.15) is 5.60 Å². The highest BCUT2D eigenvalue weighted by atomic mass is 16.5. The lowest BCUT2D eigenvalue weighted by Gasteiger charge is -2.27. The summed E-state index contributed by atoms with van der Waals surface area (Å²) in [4.78, 5) is 7.20. The summed E-state index contributed by atoms with van der Waals surface area (Å²) >= 11 is 0. The summed E-state index contributed by atoms with van der Waals surface area (Å²) < 4.78 is 5.46. The number of nitrogens with zero attached hydrogens (tertiary/aromatic N) is 2. The predicted molar refractivity (Wildman–Crippen MR) is 121 cm³/mol. The van der Waals surface area contributed by atoms with Gasteiger partial charge in [-0.1, -0.05) is 54.6 Å². The molecule has 1 fully saturated rings. The largest absolute Gasteiger partial charge is 0.384 e. The Bertz CT molecular complexity index is 802. The van der Waals surface area contributed by atoms with Crippen LogP contribution < -0.4 is 10.6 Å². The summed E-state index contributed by atoms with van der Waals surface area (Å²) in [6, 6.07) is 18.2. The van der Waals surface area contributed by atoms with E-state index in [9.17, 15) is 5.11 Å². The number of benzene rings is 2. The van der Waals surface area contributed by atoms with Gasteiger partial charge in [-0.2, -0.15) is 0 Å². The molecule has 1 unspecified atom stereocenters. The lowest BCUT2D eigenvalue weighted by molar-refractivity contribution is 0.0341. The quantitative estimate of drug-likeness (QED) is 0.461. The number of nitrogens with one attached hydrogen (secondary N) is 2. The predicted octanol–water partition coefficient (Wildman–Crippen LogP) is 2.48. The van der Waals surface area contributed by atoms with E-state index in [1.165, 1.54) is 11.1 Å². The fourth-order valence-electron chi connectivity index (χ4n) is 3.53. The average Bonchev–Trinajstić information content (AvgIpc) is 2.78. The first-order chi connectivity index (χ1) is 14.6. The smallest absolute Gasteiger partial charge is 0.191 e. The molecule has 1 heterocycles. The zero-order valence-electron chi connectivity index (χ0n) is 18.1. The maximum Gasteiger partial charge on any atom is 0.191 e. The van der Waals surface area contributed by atoms with Gasteiger partial charge in [0, 0.05) is 26.2 Å². The minimum Gasteiger partial charge on any atom is -0.384 e. The van der Waals surface area contributed by atoms with Gasteiger partial charge in [0.05, 0.1) is 26.3 Å². The average molecular weight is 411 g/mol. The van der Waals surface area contributed by atoms with Gasteiger partial charge in [-0.3, -0.25) is 4.90 Å². The van der Waals surface area contributed by atoms with Gasteiger partial charge in [0.15, 0.2) is 5.96 Å². The normalized spacial score (nSPS) is 17.4. The van der Waals surface area contributed by atoms with Crippen LogP contribution in [-0.2, 0) is 23.4 Å². The Labute approximate surface area is 180 Å². The summed E-state index contributed by atoms with van der Waals surface area (Å²) in [5.41, 5.74) is 2.42. The van der Waals surface area contributed by atoms with E-state index in [-0.39, 0.29) is 0 Å². The molecule has 0 spiro atoms. The van der Waals surface area contributed by atoms with Gasteiger partial charge >= 0.3 is 0 Å². The molecule has 0 bridgehead atoms. The number of ether oxygens (including phenoxy) is 1. The summed E-state index contributed by atoms with van der Waals surface area (Å²) in [7, 11) is 0. The van der Waals surface area contributed by atoms with E-state index in [0.717, 1.165) is 45.0 Å². The maximum absolute atomic E-state index is 10.9. The number of hydrogen-bond acceptors (Lipinski definition) is 4. The number of aliphatic imine (C=N–C) groups is 1. The lowest BCUT2D eigenvalue weighted by Crippen LogP contribution is -2.44. The van der Waals surface area contributed by atoms with Gasteiger partial charge < -0.3 is 20.5 Å². The molecule has 1 aliphatic rings. The number of morpholine rings is 1. The second kappa shape index (κ2) is 11.1. The molecule has 1 atom stereocenters. The second-order valence-corrected chi connectivity index (χ2v) is 7.85. The molecule has 3 rings (SSSR count). The van der Waals surface area contributed by atoms with Crippen molar-refractivity contribution in [2.24, 2.45) is 4.99 Å². The molecular formula is C24H34N4O2. The minimum atomic E-state index is -0.980. The highest BCUT2D eigenvalue weighted by molar-refractivity contribution is 5.79. The number of hydrogen-bond donors (Lipinski definition) is 3. The molecule has 30 heavy (non-hydrogen) atoms. The van der Waals surface area contributed by atoms with E-state index < -0.39 is 5.60 Å². The van der Waals surface area contributed by atoms with Crippen LogP contribution in [0.3, 0.4) is 0 Å². The third kappa shape index (κ3) is 6.55. The molecule has 1 aliphatic heterocycles. The van der Waals surface area contributed by atoms with E-state index in [4.69, 9.17) is 9.73 Å². The highest BCUT2D eigenvalue weighted by Crippen LogP contribution is 2.19. The first kappa shape index (κ1) is 22.3. The molecule has 0 amide bonds. The number of rotatable bonds is 8. The first-order valence-electron chi connectivity index (χ1n) is 10.8. The van der Waals surface area contributed by atoms with Crippen LogP contribution in [0.25, 0.3) is 0 Å². The molecule has 6 nitrogen and oxygen atoms in total. The van der Waals surface area contributed by atoms with Crippen molar-refractivity contribution in [1.82, 2.24) is 15.5 Å². The second-order valence-electron chi connectivity index (χ2n) is 7.85. The molecule has 2 aromatic carbocycles. The van der Waals surface area contributed by atoms with E-state index in [2.05, 4.69) is 39.8 Å². The molecule has 6 heteroatoms. The van der Waals surface area contributed by atoms with Crippen LogP contribution >= 0.6 is 0 Å². The van der Waals surface area contributed by atoms with Gasteiger partial charge in [0.2, 0.25) is 0 Å². The van der Waals surface area contributed by atoms with Crippen LogP contribution in [-0.4, -0.2) is 55.4 Å². The zero-order valence-corrected chi connectivity index (χ0v) is 18.1. The monoisotopic (exact) mass is 410 g/mol. The molecular weight excluding hydrogens is 376 g/mol. The van der Waals surface area contributed by atoms with Crippen LogP contribution in [0.15, 0.2) is 59.6 Å². The fraction of sp³-hybridized carbons (Fsp3) is 0.458. The Hall–Kier alpha value is -2.41. The van der Waals surface area contributed by atoms with Gasteiger partial charge in [-0.15, -0.1) is 0 Å². The highest BCUT2D eigenvalue weighted by Gasteiger charge is 2.23. The number of aliphatic hydroxyl groups is 1. The Morgan fingerprint density at radius 2 is 1.70 bits per heavy atom. The maximum atomic E-state index is 10.9. The molecule has 0 saturated carbocycles. The molecule has 0 aliphatic carbocycles. The van der Waals surface area contributed by atoms with Gasteiger partial charge in [-0.25, -0.2) is 4.99 Å². The van der Waals surface area contributed by atoms with E-state index >= 15 is 0 Å². The number of guanidine groups is 1. The molecule has 1 saturated heterocycles. The van der Waals surface area contributed by atoms with Crippen molar-refractivity contribution in [3.63, 3.8) is 0 Å². The minimum absolute atomic E-state index is 0.373. The third-order valence-corrected chi connectivity index (χ3v) is 5.36. The lowest BCUT2D eigenvalue weighted by atomic mass is 9.96. The molecule has 3 N–H and O–H groups in total. The van der Waals surface area contributed by atoms with E-state index in [1.807, 2.05) is 44.2 Å². The summed E-state index contributed by atoms with van der Waals surface area (Å²) in [5.74, 6) is 0.704. The topological polar surface area (TPSA) is 69.1 Å². The third-order valence-electron chi connectivity index (χ3n) is 5.36. The van der Waals surface area contributed by atoms with Crippen molar-refractivity contribution in [1.29, 1.82) is 0 Å². The standard InChI is InChI=1S/C24H34N4O2/c1-3-25-23(27-19-24(2,29)22-11-5-4-6-12-22)26-17-20-9-7-8-10-21(20)18-28-13-15-30-16-14-28/h4-12,29H,3,13-19H2,1-2H3,(H2,25,26,27). The van der Waals surface area contributed by atoms with Crippen molar-refractivity contribution in [2.75, 3.05) is 39.4 Å². The van der Waals surface area contributed by atoms with Gasteiger partial charge in [0.25, 0.3) is 0 Å². The van der Waals surface area contributed by atoms with E-state index in [0.29, 0.717) is 19.0 Å². The Kier molecular flexibility index (Phi) is 8.25. The Morgan fingerprint density at radius 3 is 2.40 bits per heavy atom. The van der Waals surface area contributed by atoms with Crippen LogP contribution in [0.5, 0.6) is 0 Å². The summed E-state index contributed by atoms with van der Waals surface area (Å²) in [6.07, 6.45) is 0. The van der Waals surface area contributed by atoms with Crippen molar-refractivity contribution in [3.8, 4) is 0 Å². The summed E-state index contributed by atoms with van der Waals surface area (Å²) in [6.45, 7) is 10.0. The SMILES string of the molecule is CCNC(=NCc1ccccc1CN1CCOCC1)NCC(C)(O)c1ccccc1. The Morgan fingerprint density at radius 1 is 1.03 bits per heavy atom. The van der Waals surface area contributed by atoms with Crippen molar-refractivity contribution >= 4 is 5.96 Å². The molecule has 0 radical (unpaired) electrons. The van der Waals surface area contributed by atoms with Crippen LogP contribution in [0, 0.1) is 0 Å². The zero-order chi connectivity index (χ0) is 21.2. The fourth-order valence-corrected chi connectivity index (χ4v) is 3.53. The Balaban J connectivity index is 1.64. The summed E-state index contributed by atoms with van der Waals surface area (Å²) in [5, 5.41) is 17.4. The molecule has 162 valence electrons. The molecule has 0 aromatic heterocycles.